The molecule has 0 amide bonds. The average Bonchev–Trinajstić information content (AvgIpc) is 2.31. The van der Waals surface area contributed by atoms with Gasteiger partial charge in [-0.3, -0.25) is 0 Å². The van der Waals surface area contributed by atoms with Crippen LogP contribution in [-0.2, 0) is 6.42 Å². The predicted molar refractivity (Wildman–Crippen MR) is 48.9 cm³/mol. The van der Waals surface area contributed by atoms with Crippen molar-refractivity contribution in [2.45, 2.75) is 40.2 Å². The highest BCUT2D eigenvalue weighted by atomic mass is 15.0. The topological polar surface area (TPSA) is 4.93 Å². The van der Waals surface area contributed by atoms with E-state index in [4.69, 9.17) is 0 Å². The Morgan fingerprint density at radius 3 is 2.27 bits per heavy atom. The second-order valence-electron chi connectivity index (χ2n) is 3.36. The van der Waals surface area contributed by atoms with Gasteiger partial charge in [-0.05, 0) is 38.3 Å². The summed E-state index contributed by atoms with van der Waals surface area (Å²) in [6.45, 7) is 8.79. The maximum Gasteiger partial charge on any atom is 0.0274 e. The Labute approximate surface area is 69.0 Å². The van der Waals surface area contributed by atoms with Crippen molar-refractivity contribution in [2.75, 3.05) is 0 Å². The summed E-state index contributed by atoms with van der Waals surface area (Å²) in [7, 11) is 0. The molecule has 11 heavy (non-hydrogen) atoms. The molecule has 0 aliphatic rings. The van der Waals surface area contributed by atoms with Gasteiger partial charge >= 0.3 is 0 Å². The minimum absolute atomic E-state index is 0.592. The number of hydrogen-bond donors (Lipinski definition) is 0. The smallest absolute Gasteiger partial charge is 0.0274 e. The van der Waals surface area contributed by atoms with Gasteiger partial charge in [0.15, 0.2) is 0 Å². The van der Waals surface area contributed by atoms with Gasteiger partial charge in [-0.1, -0.05) is 6.92 Å². The zero-order chi connectivity index (χ0) is 8.43. The van der Waals surface area contributed by atoms with Crippen LogP contribution in [-0.4, -0.2) is 4.57 Å². The molecule has 0 aliphatic heterocycles. The molecular weight excluding hydrogens is 134 g/mol. The molecule has 0 aromatic carbocycles. The first kappa shape index (κ1) is 8.38. The van der Waals surface area contributed by atoms with Crippen LogP contribution in [0.15, 0.2) is 12.4 Å². The van der Waals surface area contributed by atoms with E-state index >= 15 is 0 Å². The second-order valence-corrected chi connectivity index (χ2v) is 3.36. The predicted octanol–water partition coefficient (Wildman–Crippen LogP) is 2.94. The molecule has 0 radical (unpaired) electrons. The van der Waals surface area contributed by atoms with Crippen LogP contribution in [0.3, 0.4) is 0 Å². The lowest BCUT2D eigenvalue weighted by Crippen LogP contribution is -1.95. The van der Waals surface area contributed by atoms with E-state index < -0.39 is 0 Å². The van der Waals surface area contributed by atoms with Gasteiger partial charge in [-0.25, -0.2) is 0 Å². The summed E-state index contributed by atoms with van der Waals surface area (Å²) in [4.78, 5) is 0. The van der Waals surface area contributed by atoms with E-state index in [-0.39, 0.29) is 0 Å². The molecule has 0 fully saturated rings. The van der Waals surface area contributed by atoms with Crippen LogP contribution in [0.4, 0.5) is 0 Å². The van der Waals surface area contributed by atoms with E-state index in [9.17, 15) is 0 Å². The SMILES string of the molecule is CCc1cn(C(C)C)cc1C. The van der Waals surface area contributed by atoms with Crippen LogP contribution in [0.2, 0.25) is 0 Å². The first-order valence-electron chi connectivity index (χ1n) is 4.32. The maximum absolute atomic E-state index is 2.27. The fourth-order valence-electron chi connectivity index (χ4n) is 1.29. The molecule has 0 saturated heterocycles. The minimum atomic E-state index is 0.592. The molecule has 0 bridgehead atoms. The van der Waals surface area contributed by atoms with Gasteiger partial charge in [0, 0.05) is 18.4 Å². The summed E-state index contributed by atoms with van der Waals surface area (Å²) in [5, 5.41) is 0. The summed E-state index contributed by atoms with van der Waals surface area (Å²) in [5.74, 6) is 0. The number of rotatable bonds is 2. The Kier molecular flexibility index (Phi) is 2.38. The first-order chi connectivity index (χ1) is 5.15. The summed E-state index contributed by atoms with van der Waals surface area (Å²) < 4.78 is 2.27. The van der Waals surface area contributed by atoms with Gasteiger partial charge in [0.1, 0.15) is 0 Å². The Hall–Kier alpha value is -0.720. The van der Waals surface area contributed by atoms with Gasteiger partial charge in [0.25, 0.3) is 0 Å². The fraction of sp³-hybridized carbons (Fsp3) is 0.600. The van der Waals surface area contributed by atoms with Crippen molar-refractivity contribution in [1.82, 2.24) is 4.57 Å². The molecule has 1 nitrogen and oxygen atoms in total. The van der Waals surface area contributed by atoms with Crippen LogP contribution < -0.4 is 0 Å². The summed E-state index contributed by atoms with van der Waals surface area (Å²) >= 11 is 0. The third kappa shape index (κ3) is 1.65. The highest BCUT2D eigenvalue weighted by Gasteiger charge is 2.01. The van der Waals surface area contributed by atoms with E-state index in [1.807, 2.05) is 0 Å². The molecular formula is C10H17N. The van der Waals surface area contributed by atoms with Crippen molar-refractivity contribution in [3.05, 3.63) is 23.5 Å². The summed E-state index contributed by atoms with van der Waals surface area (Å²) in [5.41, 5.74) is 2.89. The van der Waals surface area contributed by atoms with Gasteiger partial charge in [-0.2, -0.15) is 0 Å². The third-order valence-electron chi connectivity index (χ3n) is 2.13. The Morgan fingerprint density at radius 1 is 1.36 bits per heavy atom. The molecule has 0 aliphatic carbocycles. The minimum Gasteiger partial charge on any atom is -0.351 e. The van der Waals surface area contributed by atoms with E-state index in [0.717, 1.165) is 6.42 Å². The highest BCUT2D eigenvalue weighted by molar-refractivity contribution is 5.22. The average molecular weight is 151 g/mol. The van der Waals surface area contributed by atoms with Crippen molar-refractivity contribution >= 4 is 0 Å². The molecule has 0 atom stereocenters. The van der Waals surface area contributed by atoms with Crippen molar-refractivity contribution in [3.8, 4) is 0 Å². The van der Waals surface area contributed by atoms with E-state index in [2.05, 4.69) is 44.7 Å². The maximum atomic E-state index is 2.27. The van der Waals surface area contributed by atoms with Crippen LogP contribution in [0.1, 0.15) is 37.9 Å². The zero-order valence-corrected chi connectivity index (χ0v) is 7.89. The summed E-state index contributed by atoms with van der Waals surface area (Å²) in [6.07, 6.45) is 5.62. The molecule has 1 rings (SSSR count). The number of hydrogen-bond acceptors (Lipinski definition) is 0. The lowest BCUT2D eigenvalue weighted by atomic mass is 10.2. The van der Waals surface area contributed by atoms with Gasteiger partial charge in [0.2, 0.25) is 0 Å². The Bertz CT molecular complexity index is 233. The standard InChI is InChI=1S/C10H17N/c1-5-10-7-11(8(2)3)6-9(10)4/h6-8H,5H2,1-4H3. The number of aromatic nitrogens is 1. The summed E-state index contributed by atoms with van der Waals surface area (Å²) in [6, 6.07) is 0.592. The van der Waals surface area contributed by atoms with E-state index in [0.29, 0.717) is 6.04 Å². The molecule has 0 unspecified atom stereocenters. The number of nitrogens with zero attached hydrogens (tertiary/aromatic N) is 1. The van der Waals surface area contributed by atoms with Gasteiger partial charge in [0.05, 0.1) is 0 Å². The normalized spacial score (nSPS) is 11.0. The van der Waals surface area contributed by atoms with Gasteiger partial charge in [-0.15, -0.1) is 0 Å². The Balaban J connectivity index is 2.95. The lowest BCUT2D eigenvalue weighted by Gasteiger charge is -2.04. The zero-order valence-electron chi connectivity index (χ0n) is 7.89. The largest absolute Gasteiger partial charge is 0.351 e. The lowest BCUT2D eigenvalue weighted by molar-refractivity contribution is 0.602. The monoisotopic (exact) mass is 151 g/mol. The van der Waals surface area contributed by atoms with Crippen molar-refractivity contribution in [1.29, 1.82) is 0 Å². The molecule has 1 aromatic rings. The molecule has 0 saturated carbocycles. The third-order valence-corrected chi connectivity index (χ3v) is 2.13. The first-order valence-corrected chi connectivity index (χ1v) is 4.32. The van der Waals surface area contributed by atoms with Crippen LogP contribution in [0.5, 0.6) is 0 Å². The molecule has 1 aromatic heterocycles. The second kappa shape index (κ2) is 3.12. The van der Waals surface area contributed by atoms with E-state index in [1.54, 1.807) is 0 Å². The quantitative estimate of drug-likeness (QED) is 0.612. The molecule has 0 spiro atoms. The van der Waals surface area contributed by atoms with Gasteiger partial charge < -0.3 is 4.57 Å². The van der Waals surface area contributed by atoms with Crippen LogP contribution >= 0.6 is 0 Å². The van der Waals surface area contributed by atoms with Crippen molar-refractivity contribution in [2.24, 2.45) is 0 Å². The molecule has 1 heteroatoms. The van der Waals surface area contributed by atoms with E-state index in [1.165, 1.54) is 11.1 Å². The van der Waals surface area contributed by atoms with Crippen molar-refractivity contribution < 1.29 is 0 Å². The van der Waals surface area contributed by atoms with Crippen LogP contribution in [0.25, 0.3) is 0 Å². The molecule has 0 N–H and O–H groups in total. The fourth-order valence-corrected chi connectivity index (χ4v) is 1.29. The van der Waals surface area contributed by atoms with Crippen molar-refractivity contribution in [3.63, 3.8) is 0 Å². The molecule has 62 valence electrons. The number of aryl methyl sites for hydroxylation is 2. The molecule has 1 heterocycles. The highest BCUT2D eigenvalue weighted by Crippen LogP contribution is 2.14. The van der Waals surface area contributed by atoms with Crippen LogP contribution in [0, 0.1) is 6.92 Å². The Morgan fingerprint density at radius 2 is 2.00 bits per heavy atom.